The van der Waals surface area contributed by atoms with Gasteiger partial charge in [0, 0.05) is 24.3 Å². The smallest absolute Gasteiger partial charge is 0.334 e. The lowest BCUT2D eigenvalue weighted by molar-refractivity contribution is -0.418. The van der Waals surface area contributed by atoms with Gasteiger partial charge in [0.25, 0.3) is 0 Å². The molecule has 198 valence electrons. The number of epoxide rings is 1. The molecule has 36 heavy (non-hydrogen) atoms. The van der Waals surface area contributed by atoms with E-state index in [4.69, 9.17) is 14.2 Å². The summed E-state index contributed by atoms with van der Waals surface area (Å²) >= 11 is 0. The predicted octanol–water partition coefficient (Wildman–Crippen LogP) is 2.03. The molecule has 0 bridgehead atoms. The van der Waals surface area contributed by atoms with E-state index in [1.54, 1.807) is 13.8 Å². The molecule has 12 atom stereocenters. The number of ether oxygens (including phenoxy) is 3. The van der Waals surface area contributed by atoms with Crippen LogP contribution in [0.4, 0.5) is 0 Å². The van der Waals surface area contributed by atoms with E-state index in [1.165, 1.54) is 0 Å². The summed E-state index contributed by atoms with van der Waals surface area (Å²) in [5.41, 5.74) is -2.40. The summed E-state index contributed by atoms with van der Waals surface area (Å²) in [6.45, 7) is 7.11. The second-order valence-corrected chi connectivity index (χ2v) is 13.2. The fourth-order valence-corrected chi connectivity index (χ4v) is 10.4. The molecule has 0 aromatic rings. The van der Waals surface area contributed by atoms with Gasteiger partial charge in [0.05, 0.1) is 29.1 Å². The monoisotopic (exact) mass is 502 g/mol. The highest BCUT2D eigenvalue weighted by atomic mass is 16.7. The Hall–Kier alpha value is -1.32. The number of hydrogen-bond donors (Lipinski definition) is 3. The zero-order valence-electron chi connectivity index (χ0n) is 21.6. The van der Waals surface area contributed by atoms with E-state index >= 15 is 0 Å². The topological polar surface area (TPSA) is 126 Å². The summed E-state index contributed by atoms with van der Waals surface area (Å²) in [6, 6.07) is 0. The first-order valence-corrected chi connectivity index (χ1v) is 13.7. The second kappa shape index (κ2) is 6.81. The van der Waals surface area contributed by atoms with Crippen LogP contribution in [-0.4, -0.2) is 69.0 Å². The third-order valence-corrected chi connectivity index (χ3v) is 12.7. The Labute approximate surface area is 211 Å². The van der Waals surface area contributed by atoms with Crippen LogP contribution in [0.2, 0.25) is 0 Å². The third-order valence-electron chi connectivity index (χ3n) is 12.7. The number of aliphatic hydroxyl groups excluding tert-OH is 1. The Morgan fingerprint density at radius 1 is 1.06 bits per heavy atom. The van der Waals surface area contributed by atoms with Crippen LogP contribution in [0.25, 0.3) is 0 Å². The van der Waals surface area contributed by atoms with Crippen LogP contribution in [0.15, 0.2) is 11.1 Å². The highest BCUT2D eigenvalue weighted by Crippen LogP contribution is 2.77. The van der Waals surface area contributed by atoms with Gasteiger partial charge in [-0.15, -0.1) is 0 Å². The van der Waals surface area contributed by atoms with Gasteiger partial charge in [-0.3, -0.25) is 4.79 Å². The first-order valence-electron chi connectivity index (χ1n) is 13.7. The van der Waals surface area contributed by atoms with Crippen LogP contribution in [0.3, 0.4) is 0 Å². The SMILES string of the molecule is CC1=C(C)[C@H]([C@H]2O[C@@]3(O)C[C@H]4[C@@H](C[C@H]5O[C@]56CCCC(=O)[C@]46C)[C@@H]4CC[C@@](O)([C@@H]2CO)[C@]43C)OC1=O. The van der Waals surface area contributed by atoms with Crippen molar-refractivity contribution in [1.82, 2.24) is 0 Å². The van der Waals surface area contributed by atoms with Crippen molar-refractivity contribution in [2.45, 2.75) is 108 Å². The van der Waals surface area contributed by atoms with Gasteiger partial charge in [0.2, 0.25) is 0 Å². The molecule has 0 aromatic carbocycles. The lowest BCUT2D eigenvalue weighted by Gasteiger charge is -2.68. The number of carbonyl (C=O) groups is 2. The molecule has 7 aliphatic rings. The second-order valence-electron chi connectivity index (χ2n) is 13.2. The largest absolute Gasteiger partial charge is 0.452 e. The maximum atomic E-state index is 13.6. The molecule has 4 saturated carbocycles. The summed E-state index contributed by atoms with van der Waals surface area (Å²) in [4.78, 5) is 26.0. The number of carbonyl (C=O) groups excluding carboxylic acids is 2. The van der Waals surface area contributed by atoms with E-state index in [9.17, 15) is 24.9 Å². The van der Waals surface area contributed by atoms with Crippen molar-refractivity contribution in [2.75, 3.05) is 6.61 Å². The summed E-state index contributed by atoms with van der Waals surface area (Å²) in [5.74, 6) is -2.80. The molecule has 0 aromatic heterocycles. The van der Waals surface area contributed by atoms with Crippen LogP contribution in [0.1, 0.15) is 72.6 Å². The van der Waals surface area contributed by atoms with Crippen LogP contribution >= 0.6 is 0 Å². The number of ketones is 1. The fourth-order valence-electron chi connectivity index (χ4n) is 10.4. The van der Waals surface area contributed by atoms with Gasteiger partial charge in [0.15, 0.2) is 11.9 Å². The Morgan fingerprint density at radius 2 is 1.81 bits per heavy atom. The molecule has 7 rings (SSSR count). The molecular formula is C28H38O8. The molecule has 1 spiro atoms. The van der Waals surface area contributed by atoms with E-state index in [0.29, 0.717) is 30.4 Å². The molecule has 3 aliphatic heterocycles. The van der Waals surface area contributed by atoms with Crippen LogP contribution in [0, 0.1) is 34.5 Å². The summed E-state index contributed by atoms with van der Waals surface area (Å²) in [6.07, 6.45) is 2.72. The number of cyclic esters (lactones) is 1. The molecule has 3 heterocycles. The lowest BCUT2D eigenvalue weighted by atomic mass is 9.41. The summed E-state index contributed by atoms with van der Waals surface area (Å²) in [7, 11) is 0. The number of aliphatic hydroxyl groups is 3. The van der Waals surface area contributed by atoms with Gasteiger partial charge in [-0.2, -0.15) is 0 Å². The average Bonchev–Trinajstić information content (AvgIpc) is 3.38. The van der Waals surface area contributed by atoms with Crippen molar-refractivity contribution in [1.29, 1.82) is 0 Å². The quantitative estimate of drug-likeness (QED) is 0.387. The minimum absolute atomic E-state index is 0.0519. The Morgan fingerprint density at radius 3 is 2.47 bits per heavy atom. The van der Waals surface area contributed by atoms with E-state index in [1.807, 2.05) is 13.8 Å². The van der Waals surface area contributed by atoms with E-state index < -0.39 is 51.9 Å². The van der Waals surface area contributed by atoms with Crippen molar-refractivity contribution in [3.63, 3.8) is 0 Å². The number of hydrogen-bond acceptors (Lipinski definition) is 8. The number of rotatable bonds is 2. The number of Topliss-reactive ketones (excluding diaryl/α,β-unsaturated/α-hetero) is 1. The van der Waals surface area contributed by atoms with E-state index in [2.05, 4.69) is 0 Å². The van der Waals surface area contributed by atoms with Crippen molar-refractivity contribution >= 4 is 11.8 Å². The molecule has 8 nitrogen and oxygen atoms in total. The summed E-state index contributed by atoms with van der Waals surface area (Å²) in [5, 5.41) is 35.5. The Balaban J connectivity index is 1.35. The number of fused-ring (bicyclic) bond motifs is 3. The summed E-state index contributed by atoms with van der Waals surface area (Å²) < 4.78 is 18.6. The standard InChI is InChI=1S/C28H38O8/c1-13-14(2)23(31)34-21(13)22-18(12-29)26(32)9-7-16-15-10-20-27(35-20)8-5-6-19(30)24(27,3)17(15)11-28(33,36-22)25(16,26)4/h15-18,20-22,29,32-33H,5-12H2,1-4H3/t15-,16-,17-,18+,20+,21+,22-,24-,25-,26+,27+,28-/m0/s1. The van der Waals surface area contributed by atoms with Gasteiger partial charge in [0.1, 0.15) is 17.5 Å². The predicted molar refractivity (Wildman–Crippen MR) is 125 cm³/mol. The normalized spacial score (nSPS) is 59.1. The van der Waals surface area contributed by atoms with Crippen LogP contribution in [0.5, 0.6) is 0 Å². The van der Waals surface area contributed by atoms with Gasteiger partial charge >= 0.3 is 5.97 Å². The van der Waals surface area contributed by atoms with Gasteiger partial charge in [-0.25, -0.2) is 4.79 Å². The van der Waals surface area contributed by atoms with Gasteiger partial charge in [-0.05, 0) is 76.2 Å². The molecule has 6 fully saturated rings. The van der Waals surface area contributed by atoms with Gasteiger partial charge in [-0.1, -0.05) is 6.92 Å². The van der Waals surface area contributed by atoms with Crippen molar-refractivity contribution in [2.24, 2.45) is 34.5 Å². The molecule has 3 N–H and O–H groups in total. The molecule has 0 radical (unpaired) electrons. The van der Waals surface area contributed by atoms with Crippen molar-refractivity contribution < 1.29 is 39.1 Å². The van der Waals surface area contributed by atoms with E-state index in [0.717, 1.165) is 19.3 Å². The maximum Gasteiger partial charge on any atom is 0.334 e. The Bertz CT molecular complexity index is 1100. The zero-order chi connectivity index (χ0) is 25.6. The Kier molecular flexibility index (Phi) is 4.50. The highest BCUT2D eigenvalue weighted by Gasteiger charge is 2.84. The van der Waals surface area contributed by atoms with Crippen molar-refractivity contribution in [3.8, 4) is 0 Å². The lowest BCUT2D eigenvalue weighted by Crippen LogP contribution is -2.77. The van der Waals surface area contributed by atoms with Crippen LogP contribution < -0.4 is 0 Å². The molecule has 8 heteroatoms. The first-order chi connectivity index (χ1) is 16.9. The molecule has 2 saturated heterocycles. The van der Waals surface area contributed by atoms with Gasteiger partial charge < -0.3 is 29.5 Å². The third kappa shape index (κ3) is 2.29. The molecule has 4 aliphatic carbocycles. The maximum absolute atomic E-state index is 13.6. The van der Waals surface area contributed by atoms with Crippen molar-refractivity contribution in [3.05, 3.63) is 11.1 Å². The average molecular weight is 503 g/mol. The zero-order valence-corrected chi connectivity index (χ0v) is 21.6. The molecule has 0 unspecified atom stereocenters. The molecule has 0 amide bonds. The first kappa shape index (κ1) is 23.8. The fraction of sp³-hybridized carbons (Fsp3) is 0.857. The molecular weight excluding hydrogens is 464 g/mol. The minimum Gasteiger partial charge on any atom is -0.452 e. The highest BCUT2D eigenvalue weighted by molar-refractivity contribution is 5.91. The minimum atomic E-state index is -1.74. The number of esters is 1. The van der Waals surface area contributed by atoms with Crippen LogP contribution in [-0.2, 0) is 23.8 Å². The van der Waals surface area contributed by atoms with E-state index in [-0.39, 0.29) is 42.7 Å².